The summed E-state index contributed by atoms with van der Waals surface area (Å²) in [6.07, 6.45) is 2.96. The van der Waals surface area contributed by atoms with Crippen LogP contribution >= 0.6 is 11.6 Å². The monoisotopic (exact) mass is 403 g/mol. The van der Waals surface area contributed by atoms with Crippen molar-refractivity contribution in [1.29, 1.82) is 0 Å². The zero-order valence-electron chi connectivity index (χ0n) is 14.4. The van der Waals surface area contributed by atoms with Crippen molar-refractivity contribution in [3.8, 4) is 0 Å². The first-order chi connectivity index (χ1) is 13.4. The van der Waals surface area contributed by atoms with Crippen LogP contribution in [0.25, 0.3) is 11.2 Å². The largest absolute Gasteiger partial charge is 0.372 e. The molecule has 0 saturated carbocycles. The minimum atomic E-state index is -2.23. The highest BCUT2D eigenvalue weighted by Gasteiger charge is 2.52. The third-order valence-electron chi connectivity index (χ3n) is 4.57. The van der Waals surface area contributed by atoms with E-state index in [9.17, 15) is 19.1 Å². The van der Waals surface area contributed by atoms with Gasteiger partial charge in [-0.3, -0.25) is 14.5 Å². The van der Waals surface area contributed by atoms with Crippen molar-refractivity contribution in [2.24, 2.45) is 0 Å². The van der Waals surface area contributed by atoms with E-state index in [4.69, 9.17) is 11.6 Å². The van der Waals surface area contributed by atoms with Crippen LogP contribution in [-0.2, 0) is 16.1 Å². The number of benzene rings is 1. The number of hydrogen-bond acceptors (Lipinski definition) is 5. The molecule has 1 saturated heterocycles. The lowest BCUT2D eigenvalue weighted by Gasteiger charge is -2.21. The van der Waals surface area contributed by atoms with E-state index < -0.39 is 23.2 Å². The van der Waals surface area contributed by atoms with Crippen LogP contribution in [0, 0.1) is 5.82 Å². The Balaban J connectivity index is 1.49. The van der Waals surface area contributed by atoms with Gasteiger partial charge in [0.05, 0.1) is 6.20 Å². The van der Waals surface area contributed by atoms with Gasteiger partial charge in [-0.1, -0.05) is 11.6 Å². The smallest absolute Gasteiger partial charge is 0.270 e. The number of rotatable bonds is 4. The van der Waals surface area contributed by atoms with Crippen LogP contribution in [-0.4, -0.2) is 44.0 Å². The molecule has 144 valence electrons. The third kappa shape index (κ3) is 3.19. The van der Waals surface area contributed by atoms with Crippen molar-refractivity contribution in [1.82, 2.24) is 20.3 Å². The molecule has 2 amide bonds. The Morgan fingerprint density at radius 1 is 1.43 bits per heavy atom. The Bertz CT molecular complexity index is 1070. The summed E-state index contributed by atoms with van der Waals surface area (Å²) in [5.41, 5.74) is -0.690. The Labute approximate surface area is 163 Å². The van der Waals surface area contributed by atoms with Gasteiger partial charge in [0.15, 0.2) is 11.5 Å². The number of carbonyl (C=O) groups excluding carboxylic acids is 2. The Hall–Kier alpha value is -3.04. The highest BCUT2D eigenvalue weighted by molar-refractivity contribution is 6.30. The summed E-state index contributed by atoms with van der Waals surface area (Å²) in [5.74, 6) is -1.95. The number of aromatic nitrogens is 3. The van der Waals surface area contributed by atoms with Crippen molar-refractivity contribution in [3.63, 3.8) is 0 Å². The molecule has 0 radical (unpaired) electrons. The van der Waals surface area contributed by atoms with Crippen LogP contribution in [0.3, 0.4) is 0 Å². The van der Waals surface area contributed by atoms with E-state index in [-0.39, 0.29) is 30.4 Å². The molecule has 8 nitrogen and oxygen atoms in total. The predicted molar refractivity (Wildman–Crippen MR) is 99.1 cm³/mol. The lowest BCUT2D eigenvalue weighted by molar-refractivity contribution is -0.149. The normalized spacial score (nSPS) is 19.4. The van der Waals surface area contributed by atoms with Gasteiger partial charge in [0.1, 0.15) is 11.3 Å². The minimum Gasteiger partial charge on any atom is -0.372 e. The Morgan fingerprint density at radius 2 is 2.25 bits per heavy atom. The highest BCUT2D eigenvalue weighted by Crippen LogP contribution is 2.28. The maximum absolute atomic E-state index is 13.4. The SMILES string of the molecule is O=C(NCc1cc(F)cc(Cl)c1)C1(O)CCN(c2cnc3[nH]ccc3n2)C1=O. The summed E-state index contributed by atoms with van der Waals surface area (Å²) in [6.45, 7) is 0.0280. The second kappa shape index (κ2) is 6.84. The molecule has 1 atom stereocenters. The molecule has 28 heavy (non-hydrogen) atoms. The number of halogens is 2. The molecule has 1 aliphatic rings. The van der Waals surface area contributed by atoms with Gasteiger partial charge in [-0.25, -0.2) is 14.4 Å². The number of hydrogen-bond donors (Lipinski definition) is 3. The maximum Gasteiger partial charge on any atom is 0.270 e. The molecule has 1 unspecified atom stereocenters. The number of fused-ring (bicyclic) bond motifs is 1. The van der Waals surface area contributed by atoms with Gasteiger partial charge in [0.25, 0.3) is 11.8 Å². The second-order valence-electron chi connectivity index (χ2n) is 6.47. The molecule has 10 heteroatoms. The van der Waals surface area contributed by atoms with Crippen molar-refractivity contribution < 1.29 is 19.1 Å². The lowest BCUT2D eigenvalue weighted by Crippen LogP contribution is -2.52. The number of aliphatic hydroxyl groups is 1. The molecule has 0 spiro atoms. The number of nitrogens with one attached hydrogen (secondary N) is 2. The standard InChI is InChI=1S/C18H15ClFN5O3/c19-11-5-10(6-12(20)7-11)8-23-16(26)18(28)2-4-25(17(18)27)14-9-22-15-13(24-14)1-3-21-15/h1,3,5-7,9,28H,2,4,8H2,(H,21,22)(H,23,26). The van der Waals surface area contributed by atoms with Gasteiger partial charge in [-0.15, -0.1) is 0 Å². The summed E-state index contributed by atoms with van der Waals surface area (Å²) in [6, 6.07) is 5.54. The first kappa shape index (κ1) is 18.3. The fourth-order valence-electron chi connectivity index (χ4n) is 3.13. The van der Waals surface area contributed by atoms with E-state index in [2.05, 4.69) is 20.3 Å². The number of aromatic amines is 1. The van der Waals surface area contributed by atoms with E-state index in [1.54, 1.807) is 12.3 Å². The van der Waals surface area contributed by atoms with Crippen LogP contribution in [0.15, 0.2) is 36.7 Å². The molecule has 2 aromatic heterocycles. The number of anilines is 1. The zero-order valence-corrected chi connectivity index (χ0v) is 15.2. The van der Waals surface area contributed by atoms with Crippen LogP contribution in [0.1, 0.15) is 12.0 Å². The van der Waals surface area contributed by atoms with E-state index in [0.29, 0.717) is 16.7 Å². The second-order valence-corrected chi connectivity index (χ2v) is 6.90. The molecule has 3 heterocycles. The van der Waals surface area contributed by atoms with E-state index in [1.807, 2.05) is 0 Å². The van der Waals surface area contributed by atoms with Crippen molar-refractivity contribution in [2.75, 3.05) is 11.4 Å². The molecular formula is C18H15ClFN5O3. The van der Waals surface area contributed by atoms with E-state index in [1.165, 1.54) is 23.2 Å². The fourth-order valence-corrected chi connectivity index (χ4v) is 3.37. The first-order valence-electron chi connectivity index (χ1n) is 8.44. The summed E-state index contributed by atoms with van der Waals surface area (Å²) in [5, 5.41) is 13.3. The van der Waals surface area contributed by atoms with Crippen molar-refractivity contribution >= 4 is 40.4 Å². The average Bonchev–Trinajstić information content (AvgIpc) is 3.24. The number of nitrogens with zero attached hydrogens (tertiary/aromatic N) is 3. The Morgan fingerprint density at radius 3 is 3.04 bits per heavy atom. The topological polar surface area (TPSA) is 111 Å². The lowest BCUT2D eigenvalue weighted by atomic mass is 10.0. The maximum atomic E-state index is 13.4. The van der Waals surface area contributed by atoms with Crippen molar-refractivity contribution in [2.45, 2.75) is 18.6 Å². The first-order valence-corrected chi connectivity index (χ1v) is 8.82. The molecule has 0 bridgehead atoms. The van der Waals surface area contributed by atoms with Crippen LogP contribution < -0.4 is 10.2 Å². The third-order valence-corrected chi connectivity index (χ3v) is 4.79. The van der Waals surface area contributed by atoms with E-state index >= 15 is 0 Å². The molecular weight excluding hydrogens is 389 g/mol. The number of carbonyl (C=O) groups is 2. The highest BCUT2D eigenvalue weighted by atomic mass is 35.5. The van der Waals surface area contributed by atoms with Crippen LogP contribution in [0.2, 0.25) is 5.02 Å². The van der Waals surface area contributed by atoms with Gasteiger partial charge in [-0.2, -0.15) is 0 Å². The van der Waals surface area contributed by atoms with Gasteiger partial charge >= 0.3 is 0 Å². The average molecular weight is 404 g/mol. The fraction of sp³-hybridized carbons (Fsp3) is 0.222. The number of amides is 2. The molecule has 4 rings (SSSR count). The molecule has 1 aromatic carbocycles. The van der Waals surface area contributed by atoms with Gasteiger partial charge < -0.3 is 15.4 Å². The summed E-state index contributed by atoms with van der Waals surface area (Å²) in [7, 11) is 0. The van der Waals surface area contributed by atoms with Gasteiger partial charge in [0.2, 0.25) is 5.60 Å². The summed E-state index contributed by atoms with van der Waals surface area (Å²) in [4.78, 5) is 37.8. The van der Waals surface area contributed by atoms with Crippen molar-refractivity contribution in [3.05, 3.63) is 53.1 Å². The molecule has 3 N–H and O–H groups in total. The minimum absolute atomic E-state index is 0.0823. The molecule has 1 aliphatic heterocycles. The summed E-state index contributed by atoms with van der Waals surface area (Å²) < 4.78 is 13.4. The van der Waals surface area contributed by atoms with Crippen LogP contribution in [0.4, 0.5) is 10.2 Å². The Kier molecular flexibility index (Phi) is 4.48. The predicted octanol–water partition coefficient (Wildman–Crippen LogP) is 1.53. The molecule has 0 aliphatic carbocycles. The van der Waals surface area contributed by atoms with Gasteiger partial charge in [-0.05, 0) is 29.8 Å². The molecule has 3 aromatic rings. The van der Waals surface area contributed by atoms with E-state index in [0.717, 1.165) is 6.07 Å². The van der Waals surface area contributed by atoms with Gasteiger partial charge in [0, 0.05) is 30.7 Å². The quantitative estimate of drug-likeness (QED) is 0.572. The molecule has 1 fully saturated rings. The number of H-pyrrole nitrogens is 1. The summed E-state index contributed by atoms with van der Waals surface area (Å²) >= 11 is 5.79. The zero-order chi connectivity index (χ0) is 19.9. The van der Waals surface area contributed by atoms with Crippen LogP contribution in [0.5, 0.6) is 0 Å².